The Morgan fingerprint density at radius 3 is 2.70 bits per heavy atom. The molecule has 0 fully saturated rings. The van der Waals surface area contributed by atoms with Gasteiger partial charge in [-0.05, 0) is 42.2 Å². The molecule has 0 spiro atoms. The van der Waals surface area contributed by atoms with Crippen molar-refractivity contribution in [2.24, 2.45) is 0 Å². The first-order chi connectivity index (χ1) is 11.2. The van der Waals surface area contributed by atoms with E-state index in [-0.39, 0.29) is 11.9 Å². The van der Waals surface area contributed by atoms with E-state index in [0.29, 0.717) is 6.54 Å². The smallest absolute Gasteiger partial charge is 0.240 e. The maximum absolute atomic E-state index is 12.6. The van der Waals surface area contributed by atoms with Crippen molar-refractivity contribution in [1.82, 2.24) is 5.32 Å². The van der Waals surface area contributed by atoms with Crippen LogP contribution in [0.15, 0.2) is 53.0 Å². The van der Waals surface area contributed by atoms with E-state index in [9.17, 15) is 4.79 Å². The van der Waals surface area contributed by atoms with Crippen molar-refractivity contribution in [3.05, 3.63) is 64.1 Å². The number of anilines is 1. The van der Waals surface area contributed by atoms with Crippen molar-refractivity contribution in [2.45, 2.75) is 25.8 Å². The SMILES string of the molecule is CC[C@@H](NCC(=O)N1CCc2ccccc21)c1ccc(Br)cc1. The first-order valence-corrected chi connectivity index (χ1v) is 8.85. The molecule has 1 atom stereocenters. The molecule has 120 valence electrons. The fraction of sp³-hybridized carbons (Fsp3) is 0.316. The summed E-state index contributed by atoms with van der Waals surface area (Å²) in [6, 6.07) is 16.6. The van der Waals surface area contributed by atoms with E-state index in [1.165, 1.54) is 11.1 Å². The second-order valence-electron chi connectivity index (χ2n) is 5.82. The van der Waals surface area contributed by atoms with Gasteiger partial charge in [0.2, 0.25) is 5.91 Å². The third-order valence-corrected chi connectivity index (χ3v) is 4.90. The van der Waals surface area contributed by atoms with Gasteiger partial charge in [0.05, 0.1) is 6.54 Å². The second kappa shape index (κ2) is 7.28. The molecule has 3 nitrogen and oxygen atoms in total. The second-order valence-corrected chi connectivity index (χ2v) is 6.73. The number of rotatable bonds is 5. The van der Waals surface area contributed by atoms with Crippen LogP contribution in [0.2, 0.25) is 0 Å². The summed E-state index contributed by atoms with van der Waals surface area (Å²) in [6.45, 7) is 3.28. The van der Waals surface area contributed by atoms with E-state index in [0.717, 1.165) is 29.5 Å². The molecule has 0 saturated heterocycles. The van der Waals surface area contributed by atoms with Gasteiger partial charge in [-0.1, -0.05) is 53.2 Å². The van der Waals surface area contributed by atoms with Crippen molar-refractivity contribution in [3.8, 4) is 0 Å². The fourth-order valence-corrected chi connectivity index (χ4v) is 3.36. The number of carbonyl (C=O) groups is 1. The number of halogens is 1. The topological polar surface area (TPSA) is 32.3 Å². The number of amides is 1. The lowest BCUT2D eigenvalue weighted by atomic mass is 10.0. The summed E-state index contributed by atoms with van der Waals surface area (Å²) in [5.41, 5.74) is 3.54. The average molecular weight is 373 g/mol. The third-order valence-electron chi connectivity index (χ3n) is 4.37. The van der Waals surface area contributed by atoms with Crippen LogP contribution < -0.4 is 10.2 Å². The summed E-state index contributed by atoms with van der Waals surface area (Å²) >= 11 is 3.46. The fourth-order valence-electron chi connectivity index (χ4n) is 3.10. The number of benzene rings is 2. The molecule has 0 bridgehead atoms. The highest BCUT2D eigenvalue weighted by atomic mass is 79.9. The van der Waals surface area contributed by atoms with Crippen LogP contribution in [0.25, 0.3) is 0 Å². The zero-order valence-electron chi connectivity index (χ0n) is 13.3. The number of hydrogen-bond acceptors (Lipinski definition) is 2. The molecule has 1 aliphatic rings. The summed E-state index contributed by atoms with van der Waals surface area (Å²) < 4.78 is 1.07. The highest BCUT2D eigenvalue weighted by Gasteiger charge is 2.24. The van der Waals surface area contributed by atoms with Gasteiger partial charge < -0.3 is 10.2 Å². The molecule has 1 amide bonds. The minimum absolute atomic E-state index is 0.144. The van der Waals surface area contributed by atoms with Crippen molar-refractivity contribution in [2.75, 3.05) is 18.0 Å². The molecule has 1 aliphatic heterocycles. The predicted octanol–water partition coefficient (Wildman–Crippen LogP) is 4.08. The van der Waals surface area contributed by atoms with Crippen LogP contribution in [-0.4, -0.2) is 19.0 Å². The molecule has 2 aromatic carbocycles. The third kappa shape index (κ3) is 3.65. The molecule has 0 unspecified atom stereocenters. The Bertz CT molecular complexity index is 684. The first-order valence-electron chi connectivity index (χ1n) is 8.06. The van der Waals surface area contributed by atoms with Gasteiger partial charge in [0, 0.05) is 22.7 Å². The molecule has 1 heterocycles. The molecule has 3 rings (SSSR count). The van der Waals surface area contributed by atoms with Gasteiger partial charge in [-0.2, -0.15) is 0 Å². The molecule has 2 aromatic rings. The Morgan fingerprint density at radius 1 is 1.22 bits per heavy atom. The molecule has 4 heteroatoms. The van der Waals surface area contributed by atoms with Gasteiger partial charge in [0.1, 0.15) is 0 Å². The van der Waals surface area contributed by atoms with Crippen LogP contribution in [0.3, 0.4) is 0 Å². The largest absolute Gasteiger partial charge is 0.311 e. The monoisotopic (exact) mass is 372 g/mol. The van der Waals surface area contributed by atoms with Crippen LogP contribution in [0.1, 0.15) is 30.5 Å². The van der Waals surface area contributed by atoms with Gasteiger partial charge in [0.15, 0.2) is 0 Å². The Hall–Kier alpha value is -1.65. The Kier molecular flexibility index (Phi) is 5.13. The molecular weight excluding hydrogens is 352 g/mol. The van der Waals surface area contributed by atoms with Gasteiger partial charge in [0.25, 0.3) is 0 Å². The highest BCUT2D eigenvalue weighted by molar-refractivity contribution is 9.10. The van der Waals surface area contributed by atoms with Crippen molar-refractivity contribution in [1.29, 1.82) is 0 Å². The quantitative estimate of drug-likeness (QED) is 0.857. The first kappa shape index (κ1) is 16.2. The number of nitrogens with zero attached hydrogens (tertiary/aromatic N) is 1. The molecule has 0 saturated carbocycles. The van der Waals surface area contributed by atoms with E-state index >= 15 is 0 Å². The molecule has 23 heavy (non-hydrogen) atoms. The van der Waals surface area contributed by atoms with Crippen molar-refractivity contribution in [3.63, 3.8) is 0 Å². The Morgan fingerprint density at radius 2 is 1.96 bits per heavy atom. The normalized spacial score (nSPS) is 14.6. The summed E-state index contributed by atoms with van der Waals surface area (Å²) in [6.07, 6.45) is 1.90. The zero-order chi connectivity index (χ0) is 16.2. The lowest BCUT2D eigenvalue weighted by molar-refractivity contribution is -0.117. The molecule has 1 N–H and O–H groups in total. The van der Waals surface area contributed by atoms with Crippen molar-refractivity contribution >= 4 is 27.5 Å². The maximum Gasteiger partial charge on any atom is 0.240 e. The minimum atomic E-state index is 0.144. The van der Waals surface area contributed by atoms with Gasteiger partial charge in [-0.25, -0.2) is 0 Å². The summed E-state index contributed by atoms with van der Waals surface area (Å²) in [7, 11) is 0. The summed E-state index contributed by atoms with van der Waals surface area (Å²) in [5.74, 6) is 0.144. The van der Waals surface area contributed by atoms with E-state index < -0.39 is 0 Å². The summed E-state index contributed by atoms with van der Waals surface area (Å²) in [4.78, 5) is 14.5. The predicted molar refractivity (Wildman–Crippen MR) is 97.7 cm³/mol. The van der Waals surface area contributed by atoms with E-state index in [4.69, 9.17) is 0 Å². The Labute approximate surface area is 145 Å². The number of para-hydroxylation sites is 1. The van der Waals surface area contributed by atoms with E-state index in [1.807, 2.05) is 35.2 Å². The number of hydrogen-bond donors (Lipinski definition) is 1. The zero-order valence-corrected chi connectivity index (χ0v) is 14.8. The average Bonchev–Trinajstić information content (AvgIpc) is 3.01. The molecule has 0 aromatic heterocycles. The lowest BCUT2D eigenvalue weighted by Gasteiger charge is -2.21. The summed E-state index contributed by atoms with van der Waals surface area (Å²) in [5, 5.41) is 3.41. The highest BCUT2D eigenvalue weighted by Crippen LogP contribution is 2.27. The van der Waals surface area contributed by atoms with Crippen LogP contribution in [-0.2, 0) is 11.2 Å². The van der Waals surface area contributed by atoms with Crippen molar-refractivity contribution < 1.29 is 4.79 Å². The Balaban J connectivity index is 1.63. The van der Waals surface area contributed by atoms with E-state index in [2.05, 4.69) is 46.4 Å². The molecule has 0 radical (unpaired) electrons. The number of fused-ring (bicyclic) bond motifs is 1. The van der Waals surface area contributed by atoms with Crippen LogP contribution >= 0.6 is 15.9 Å². The maximum atomic E-state index is 12.6. The number of nitrogens with one attached hydrogen (secondary N) is 1. The molecular formula is C19H21BrN2O. The van der Waals surface area contributed by atoms with Gasteiger partial charge in [-0.3, -0.25) is 4.79 Å². The number of carbonyl (C=O) groups excluding carboxylic acids is 1. The van der Waals surface area contributed by atoms with Crippen LogP contribution in [0.4, 0.5) is 5.69 Å². The molecule has 0 aliphatic carbocycles. The van der Waals surface area contributed by atoms with Crippen LogP contribution in [0, 0.1) is 0 Å². The lowest BCUT2D eigenvalue weighted by Crippen LogP contribution is -2.38. The van der Waals surface area contributed by atoms with Gasteiger partial charge in [-0.15, -0.1) is 0 Å². The van der Waals surface area contributed by atoms with Crippen LogP contribution in [0.5, 0.6) is 0 Å². The van der Waals surface area contributed by atoms with E-state index in [1.54, 1.807) is 0 Å². The standard InChI is InChI=1S/C19H21BrN2O/c1-2-17(14-7-9-16(20)10-8-14)21-13-19(23)22-12-11-15-5-3-4-6-18(15)22/h3-10,17,21H,2,11-13H2,1H3/t17-/m1/s1. The van der Waals surface area contributed by atoms with Gasteiger partial charge >= 0.3 is 0 Å². The minimum Gasteiger partial charge on any atom is -0.311 e.